The van der Waals surface area contributed by atoms with Gasteiger partial charge >= 0.3 is 0 Å². The fourth-order valence-corrected chi connectivity index (χ4v) is 6.08. The van der Waals surface area contributed by atoms with E-state index >= 15 is 0 Å². The van der Waals surface area contributed by atoms with Crippen molar-refractivity contribution in [2.75, 3.05) is 0 Å². The van der Waals surface area contributed by atoms with Gasteiger partial charge in [-0.25, -0.2) is 8.42 Å². The second-order valence-electron chi connectivity index (χ2n) is 7.14. The molecule has 0 unspecified atom stereocenters. The molecule has 4 heteroatoms. The van der Waals surface area contributed by atoms with Gasteiger partial charge in [-0.15, -0.1) is 0 Å². The third-order valence-corrected chi connectivity index (χ3v) is 7.58. The Kier molecular flexibility index (Phi) is 2.66. The summed E-state index contributed by atoms with van der Waals surface area (Å²) in [7, 11) is -1.46. The van der Waals surface area contributed by atoms with E-state index in [9.17, 15) is 8.42 Å². The second kappa shape index (κ2) is 4.78. The molecule has 27 heavy (non-hydrogen) atoms. The van der Waals surface area contributed by atoms with Gasteiger partial charge in [0.1, 0.15) is 0 Å². The zero-order valence-corrected chi connectivity index (χ0v) is 15.4. The Balaban J connectivity index is 1.82. The molecule has 4 aromatic carbocycles. The molecule has 0 atom stereocenters. The van der Waals surface area contributed by atoms with Crippen LogP contribution in [-0.4, -0.2) is 13.0 Å². The summed E-state index contributed by atoms with van der Waals surface area (Å²) >= 11 is 0. The predicted octanol–water partition coefficient (Wildman–Crippen LogP) is 5.30. The summed E-state index contributed by atoms with van der Waals surface area (Å²) in [5, 5.41) is 4.60. The molecule has 2 heterocycles. The van der Waals surface area contributed by atoms with Crippen LogP contribution in [0.25, 0.3) is 43.7 Å². The van der Waals surface area contributed by atoms with Gasteiger partial charge in [-0.05, 0) is 41.1 Å². The summed E-state index contributed by atoms with van der Waals surface area (Å²) in [6.45, 7) is 0. The smallest absolute Gasteiger partial charge is 0.207 e. The number of nitrogens with zero attached hydrogens (tertiary/aromatic N) is 1. The average Bonchev–Trinajstić information content (AvgIpc) is 3.09. The Labute approximate surface area is 156 Å². The molecule has 1 aromatic heterocycles. The van der Waals surface area contributed by atoms with Crippen LogP contribution < -0.4 is 0 Å². The maximum atomic E-state index is 13.0. The minimum atomic E-state index is -3.46. The predicted molar refractivity (Wildman–Crippen MR) is 109 cm³/mol. The molecule has 0 amide bonds. The quantitative estimate of drug-likeness (QED) is 0.364. The SMILES string of the molecule is Cn1c2cc3c(cc2c2cc4ccccc4cc21)-c1ccccc1S3(=O)=O. The number of aromatic nitrogens is 1. The van der Waals surface area contributed by atoms with Crippen LogP contribution in [-0.2, 0) is 16.9 Å². The van der Waals surface area contributed by atoms with Crippen molar-refractivity contribution in [3.63, 3.8) is 0 Å². The molecule has 0 fully saturated rings. The lowest BCUT2D eigenvalue weighted by Gasteiger charge is -2.02. The Bertz CT molecular complexity index is 1540. The van der Waals surface area contributed by atoms with Crippen LogP contribution in [0.5, 0.6) is 0 Å². The van der Waals surface area contributed by atoms with E-state index in [-0.39, 0.29) is 0 Å². The molecule has 0 saturated carbocycles. The number of benzene rings is 4. The monoisotopic (exact) mass is 369 g/mol. The molecule has 1 aliphatic rings. The Morgan fingerprint density at radius 1 is 0.667 bits per heavy atom. The van der Waals surface area contributed by atoms with E-state index in [2.05, 4.69) is 28.8 Å². The third-order valence-electron chi connectivity index (χ3n) is 5.73. The number of aryl methyl sites for hydroxylation is 1. The van der Waals surface area contributed by atoms with Crippen LogP contribution in [0.3, 0.4) is 0 Å². The van der Waals surface area contributed by atoms with E-state index in [0.717, 1.165) is 32.9 Å². The van der Waals surface area contributed by atoms with E-state index in [0.29, 0.717) is 9.79 Å². The molecule has 3 nitrogen and oxygen atoms in total. The summed E-state index contributed by atoms with van der Waals surface area (Å²) in [6, 6.07) is 23.8. The summed E-state index contributed by atoms with van der Waals surface area (Å²) in [4.78, 5) is 0.816. The lowest BCUT2D eigenvalue weighted by Crippen LogP contribution is -1.97. The van der Waals surface area contributed by atoms with E-state index in [4.69, 9.17) is 0 Å². The molecular formula is C23H15NO2S. The van der Waals surface area contributed by atoms with Crippen molar-refractivity contribution in [2.24, 2.45) is 7.05 Å². The van der Waals surface area contributed by atoms with Crippen LogP contribution in [0.2, 0.25) is 0 Å². The van der Waals surface area contributed by atoms with Crippen LogP contribution in [0.1, 0.15) is 0 Å². The van der Waals surface area contributed by atoms with Gasteiger partial charge in [0.2, 0.25) is 9.84 Å². The van der Waals surface area contributed by atoms with Gasteiger partial charge < -0.3 is 4.57 Å². The van der Waals surface area contributed by atoms with Crippen LogP contribution in [0.4, 0.5) is 0 Å². The molecule has 0 aliphatic carbocycles. The van der Waals surface area contributed by atoms with Gasteiger partial charge in [0, 0.05) is 34.5 Å². The highest BCUT2D eigenvalue weighted by Crippen LogP contribution is 2.46. The van der Waals surface area contributed by atoms with Gasteiger partial charge in [-0.2, -0.15) is 0 Å². The van der Waals surface area contributed by atoms with Gasteiger partial charge in [-0.1, -0.05) is 42.5 Å². The second-order valence-corrected chi connectivity index (χ2v) is 9.03. The van der Waals surface area contributed by atoms with E-state index in [1.165, 1.54) is 10.8 Å². The molecule has 130 valence electrons. The zero-order valence-electron chi connectivity index (χ0n) is 14.6. The fourth-order valence-electron chi connectivity index (χ4n) is 4.39. The van der Waals surface area contributed by atoms with Crippen molar-refractivity contribution in [1.82, 2.24) is 4.57 Å². The van der Waals surface area contributed by atoms with Gasteiger partial charge in [0.05, 0.1) is 15.3 Å². The van der Waals surface area contributed by atoms with Crippen LogP contribution >= 0.6 is 0 Å². The average molecular weight is 369 g/mol. The first-order valence-corrected chi connectivity index (χ1v) is 10.3. The fraction of sp³-hybridized carbons (Fsp3) is 0.0435. The van der Waals surface area contributed by atoms with Crippen LogP contribution in [0.15, 0.2) is 82.6 Å². The van der Waals surface area contributed by atoms with Crippen molar-refractivity contribution in [2.45, 2.75) is 9.79 Å². The first-order chi connectivity index (χ1) is 13.1. The molecule has 1 aliphatic heterocycles. The molecule has 0 radical (unpaired) electrons. The molecule has 0 saturated heterocycles. The number of sulfone groups is 1. The summed E-state index contributed by atoms with van der Waals surface area (Å²) in [5.74, 6) is 0. The highest BCUT2D eigenvalue weighted by molar-refractivity contribution is 7.92. The van der Waals surface area contributed by atoms with Gasteiger partial charge in [0.15, 0.2) is 0 Å². The summed E-state index contributed by atoms with van der Waals surface area (Å²) < 4.78 is 28.1. The molecule has 0 bridgehead atoms. The number of hydrogen-bond donors (Lipinski definition) is 0. The number of hydrogen-bond acceptors (Lipinski definition) is 2. The van der Waals surface area contributed by atoms with Crippen molar-refractivity contribution in [3.8, 4) is 11.1 Å². The van der Waals surface area contributed by atoms with Crippen molar-refractivity contribution < 1.29 is 8.42 Å². The largest absolute Gasteiger partial charge is 0.344 e. The zero-order chi connectivity index (χ0) is 18.3. The van der Waals surface area contributed by atoms with Crippen molar-refractivity contribution >= 4 is 42.4 Å². The standard InChI is InChI=1S/C23H15NO2S/c1-24-20-11-15-7-3-2-6-14(15)10-17(20)18-12-19-16-8-4-5-9-22(16)27(25,26)23(19)13-21(18)24/h2-13H,1H3. The van der Waals surface area contributed by atoms with E-state index in [1.807, 2.05) is 43.4 Å². The van der Waals surface area contributed by atoms with Gasteiger partial charge in [-0.3, -0.25) is 0 Å². The molecule has 6 rings (SSSR count). The maximum absolute atomic E-state index is 13.0. The van der Waals surface area contributed by atoms with E-state index in [1.54, 1.807) is 12.1 Å². The topological polar surface area (TPSA) is 39.1 Å². The van der Waals surface area contributed by atoms with Crippen molar-refractivity contribution in [3.05, 3.63) is 72.8 Å². The van der Waals surface area contributed by atoms with Crippen LogP contribution in [0, 0.1) is 0 Å². The lowest BCUT2D eigenvalue weighted by molar-refractivity contribution is 0.599. The minimum Gasteiger partial charge on any atom is -0.344 e. The summed E-state index contributed by atoms with van der Waals surface area (Å²) in [5.41, 5.74) is 3.65. The Hall–Kier alpha value is -3.11. The first kappa shape index (κ1) is 15.0. The molecule has 0 spiro atoms. The highest BCUT2D eigenvalue weighted by atomic mass is 32.2. The maximum Gasteiger partial charge on any atom is 0.207 e. The molecule has 0 N–H and O–H groups in total. The normalized spacial score (nSPS) is 14.7. The van der Waals surface area contributed by atoms with Crippen molar-refractivity contribution in [1.29, 1.82) is 0 Å². The minimum absolute atomic E-state index is 0.407. The van der Waals surface area contributed by atoms with E-state index < -0.39 is 9.84 Å². The van der Waals surface area contributed by atoms with Gasteiger partial charge in [0.25, 0.3) is 0 Å². The Morgan fingerprint density at radius 3 is 2.11 bits per heavy atom. The summed E-state index contributed by atoms with van der Waals surface area (Å²) in [6.07, 6.45) is 0. The Morgan fingerprint density at radius 2 is 1.30 bits per heavy atom. The lowest BCUT2D eigenvalue weighted by atomic mass is 10.0. The number of rotatable bonds is 0. The first-order valence-electron chi connectivity index (χ1n) is 8.85. The molecular weight excluding hydrogens is 354 g/mol. The number of fused-ring (bicyclic) bond motifs is 7. The molecule has 5 aromatic rings. The highest BCUT2D eigenvalue weighted by Gasteiger charge is 2.33. The third kappa shape index (κ3) is 1.78.